The lowest BCUT2D eigenvalue weighted by Gasteiger charge is -2.15. The quantitative estimate of drug-likeness (QED) is 0.816. The molecule has 1 aromatic heterocycles. The molecule has 0 bridgehead atoms. The fourth-order valence-electron chi connectivity index (χ4n) is 1.81. The zero-order chi connectivity index (χ0) is 11.4. The summed E-state index contributed by atoms with van der Waals surface area (Å²) in [7, 11) is 1.66. The summed E-state index contributed by atoms with van der Waals surface area (Å²) in [5.41, 5.74) is 6.86. The van der Waals surface area contributed by atoms with Crippen LogP contribution in [0.5, 0.6) is 5.75 Å². The highest BCUT2D eigenvalue weighted by Crippen LogP contribution is 2.28. The Labute approximate surface area is 94.5 Å². The van der Waals surface area contributed by atoms with E-state index in [0.29, 0.717) is 6.54 Å². The van der Waals surface area contributed by atoms with Crippen molar-refractivity contribution in [3.05, 3.63) is 48.0 Å². The smallest absolute Gasteiger partial charge is 0.122 e. The number of methoxy groups -OCH3 is 1. The minimum atomic E-state index is 0.0474. The molecule has 1 unspecified atom stereocenters. The predicted octanol–water partition coefficient (Wildman–Crippen LogP) is 1.51. The number of aromatic amines is 1. The average Bonchev–Trinajstić information content (AvgIpc) is 2.84. The van der Waals surface area contributed by atoms with E-state index in [2.05, 4.69) is 9.97 Å². The molecule has 0 radical (unpaired) electrons. The third-order valence-electron chi connectivity index (χ3n) is 2.60. The number of ether oxygens (including phenoxy) is 1. The van der Waals surface area contributed by atoms with E-state index in [1.165, 1.54) is 0 Å². The number of aromatic nitrogens is 2. The standard InChI is InChI=1S/C12H15N3O/c1-16-11-5-3-2-4-9(11)10(8-13)12-14-6-7-15-12/h2-7,10H,8,13H2,1H3,(H,14,15). The lowest BCUT2D eigenvalue weighted by atomic mass is 9.97. The van der Waals surface area contributed by atoms with Gasteiger partial charge in [-0.3, -0.25) is 0 Å². The van der Waals surface area contributed by atoms with Crippen LogP contribution in [0.25, 0.3) is 0 Å². The molecule has 0 aliphatic rings. The summed E-state index contributed by atoms with van der Waals surface area (Å²) < 4.78 is 5.33. The maximum absolute atomic E-state index is 5.80. The molecular weight excluding hydrogens is 202 g/mol. The molecule has 0 amide bonds. The van der Waals surface area contributed by atoms with Gasteiger partial charge in [0.15, 0.2) is 0 Å². The van der Waals surface area contributed by atoms with Gasteiger partial charge in [0.1, 0.15) is 11.6 Å². The van der Waals surface area contributed by atoms with E-state index in [4.69, 9.17) is 10.5 Å². The molecule has 4 nitrogen and oxygen atoms in total. The van der Waals surface area contributed by atoms with Crippen molar-refractivity contribution in [3.63, 3.8) is 0 Å². The fraction of sp³-hybridized carbons (Fsp3) is 0.250. The first-order valence-corrected chi connectivity index (χ1v) is 5.19. The summed E-state index contributed by atoms with van der Waals surface area (Å²) in [5, 5.41) is 0. The van der Waals surface area contributed by atoms with Crippen molar-refractivity contribution < 1.29 is 4.74 Å². The third-order valence-corrected chi connectivity index (χ3v) is 2.60. The third kappa shape index (κ3) is 1.92. The Kier molecular flexibility index (Phi) is 3.22. The van der Waals surface area contributed by atoms with Crippen LogP contribution in [0.4, 0.5) is 0 Å². The van der Waals surface area contributed by atoms with E-state index in [-0.39, 0.29) is 5.92 Å². The molecular formula is C12H15N3O. The SMILES string of the molecule is COc1ccccc1C(CN)c1ncc[nH]1. The van der Waals surface area contributed by atoms with Crippen LogP contribution < -0.4 is 10.5 Å². The summed E-state index contributed by atoms with van der Waals surface area (Å²) in [6, 6.07) is 7.86. The molecule has 0 aliphatic heterocycles. The highest BCUT2D eigenvalue weighted by Gasteiger charge is 2.18. The molecule has 0 fully saturated rings. The zero-order valence-electron chi connectivity index (χ0n) is 9.18. The van der Waals surface area contributed by atoms with Crippen LogP contribution in [0.2, 0.25) is 0 Å². The Morgan fingerprint density at radius 2 is 2.25 bits per heavy atom. The monoisotopic (exact) mass is 217 g/mol. The zero-order valence-corrected chi connectivity index (χ0v) is 9.18. The summed E-state index contributed by atoms with van der Waals surface area (Å²) in [5.74, 6) is 1.76. The van der Waals surface area contributed by atoms with Gasteiger partial charge in [-0.05, 0) is 6.07 Å². The lowest BCUT2D eigenvalue weighted by Crippen LogP contribution is -2.16. The molecule has 1 atom stereocenters. The van der Waals surface area contributed by atoms with Gasteiger partial charge in [0.2, 0.25) is 0 Å². The van der Waals surface area contributed by atoms with Gasteiger partial charge in [0, 0.05) is 24.5 Å². The van der Waals surface area contributed by atoms with Crippen molar-refractivity contribution in [3.8, 4) is 5.75 Å². The number of hydrogen-bond donors (Lipinski definition) is 2. The highest BCUT2D eigenvalue weighted by molar-refractivity contribution is 5.39. The number of hydrogen-bond acceptors (Lipinski definition) is 3. The number of nitrogens with zero attached hydrogens (tertiary/aromatic N) is 1. The molecule has 3 N–H and O–H groups in total. The first-order chi connectivity index (χ1) is 7.86. The average molecular weight is 217 g/mol. The number of nitrogens with one attached hydrogen (secondary N) is 1. The molecule has 0 spiro atoms. The second-order valence-corrected chi connectivity index (χ2v) is 3.50. The summed E-state index contributed by atoms with van der Waals surface area (Å²) in [6.07, 6.45) is 3.53. The second kappa shape index (κ2) is 4.81. The van der Waals surface area contributed by atoms with Crippen molar-refractivity contribution >= 4 is 0 Å². The van der Waals surface area contributed by atoms with Crippen LogP contribution >= 0.6 is 0 Å². The first-order valence-electron chi connectivity index (χ1n) is 5.19. The van der Waals surface area contributed by atoms with Gasteiger partial charge in [0.25, 0.3) is 0 Å². The first kappa shape index (κ1) is 10.7. The minimum Gasteiger partial charge on any atom is -0.496 e. The number of benzene rings is 1. The minimum absolute atomic E-state index is 0.0474. The van der Waals surface area contributed by atoms with Crippen LogP contribution in [0.15, 0.2) is 36.7 Å². The fourth-order valence-corrected chi connectivity index (χ4v) is 1.81. The topological polar surface area (TPSA) is 63.9 Å². The predicted molar refractivity (Wildman–Crippen MR) is 62.5 cm³/mol. The van der Waals surface area contributed by atoms with Gasteiger partial charge >= 0.3 is 0 Å². The Morgan fingerprint density at radius 1 is 1.44 bits per heavy atom. The number of H-pyrrole nitrogens is 1. The lowest BCUT2D eigenvalue weighted by molar-refractivity contribution is 0.407. The van der Waals surface area contributed by atoms with E-state index in [0.717, 1.165) is 17.1 Å². The van der Waals surface area contributed by atoms with Crippen LogP contribution in [-0.2, 0) is 0 Å². The molecule has 4 heteroatoms. The molecule has 1 heterocycles. The summed E-state index contributed by atoms with van der Waals surface area (Å²) >= 11 is 0. The van der Waals surface area contributed by atoms with E-state index < -0.39 is 0 Å². The molecule has 2 rings (SSSR count). The Balaban J connectivity index is 2.41. The van der Waals surface area contributed by atoms with Crippen molar-refractivity contribution in [2.24, 2.45) is 5.73 Å². The van der Waals surface area contributed by atoms with E-state index in [9.17, 15) is 0 Å². The number of rotatable bonds is 4. The molecule has 0 aliphatic carbocycles. The van der Waals surface area contributed by atoms with E-state index in [1.54, 1.807) is 19.5 Å². The maximum Gasteiger partial charge on any atom is 0.122 e. The Morgan fingerprint density at radius 3 is 2.88 bits per heavy atom. The highest BCUT2D eigenvalue weighted by atomic mass is 16.5. The molecule has 0 saturated heterocycles. The second-order valence-electron chi connectivity index (χ2n) is 3.50. The largest absolute Gasteiger partial charge is 0.496 e. The van der Waals surface area contributed by atoms with Crippen molar-refractivity contribution in [1.29, 1.82) is 0 Å². The van der Waals surface area contributed by atoms with Crippen molar-refractivity contribution in [1.82, 2.24) is 9.97 Å². The summed E-state index contributed by atoms with van der Waals surface area (Å²) in [6.45, 7) is 0.494. The summed E-state index contributed by atoms with van der Waals surface area (Å²) in [4.78, 5) is 7.34. The van der Waals surface area contributed by atoms with E-state index >= 15 is 0 Å². The number of para-hydroxylation sites is 1. The van der Waals surface area contributed by atoms with E-state index in [1.807, 2.05) is 24.3 Å². The van der Waals surface area contributed by atoms with Gasteiger partial charge in [0.05, 0.1) is 13.0 Å². The van der Waals surface area contributed by atoms with Crippen LogP contribution in [-0.4, -0.2) is 23.6 Å². The number of imidazole rings is 1. The molecule has 0 saturated carbocycles. The normalized spacial score (nSPS) is 12.4. The van der Waals surface area contributed by atoms with Crippen LogP contribution in [0.1, 0.15) is 17.3 Å². The number of nitrogens with two attached hydrogens (primary N) is 1. The van der Waals surface area contributed by atoms with Gasteiger partial charge in [-0.25, -0.2) is 4.98 Å². The Bertz CT molecular complexity index is 439. The van der Waals surface area contributed by atoms with Gasteiger partial charge < -0.3 is 15.5 Å². The maximum atomic E-state index is 5.80. The van der Waals surface area contributed by atoms with Crippen molar-refractivity contribution in [2.45, 2.75) is 5.92 Å². The van der Waals surface area contributed by atoms with Crippen LogP contribution in [0, 0.1) is 0 Å². The molecule has 1 aromatic carbocycles. The molecule has 16 heavy (non-hydrogen) atoms. The van der Waals surface area contributed by atoms with Crippen LogP contribution in [0.3, 0.4) is 0 Å². The molecule has 2 aromatic rings. The van der Waals surface area contributed by atoms with Gasteiger partial charge in [-0.1, -0.05) is 18.2 Å². The van der Waals surface area contributed by atoms with Crippen molar-refractivity contribution in [2.75, 3.05) is 13.7 Å². The van der Waals surface area contributed by atoms with Gasteiger partial charge in [-0.15, -0.1) is 0 Å². The van der Waals surface area contributed by atoms with Gasteiger partial charge in [-0.2, -0.15) is 0 Å². The Hall–Kier alpha value is -1.81. The molecule has 84 valence electrons.